The van der Waals surface area contributed by atoms with Crippen molar-refractivity contribution in [3.8, 4) is 0 Å². The molecule has 0 radical (unpaired) electrons. The summed E-state index contributed by atoms with van der Waals surface area (Å²) >= 11 is 5.74. The molecule has 0 spiro atoms. The lowest BCUT2D eigenvalue weighted by molar-refractivity contribution is -0.138. The second-order valence-electron chi connectivity index (χ2n) is 2.44. The van der Waals surface area contributed by atoms with E-state index < -0.39 is 0 Å². The normalized spacial score (nSPS) is 8.71. The molecule has 0 saturated carbocycles. The first-order chi connectivity index (χ1) is 6.22. The molecule has 5 heteroatoms. The van der Waals surface area contributed by atoms with Crippen LogP contribution in [0.5, 0.6) is 0 Å². The average molecular weight is 236 g/mol. The Kier molecular flexibility index (Phi) is 6.08. The average Bonchev–Trinajstić information content (AvgIpc) is 2.14. The highest BCUT2D eigenvalue weighted by Crippen LogP contribution is 2.14. The van der Waals surface area contributed by atoms with Crippen LogP contribution >= 0.6 is 24.0 Å². The van der Waals surface area contributed by atoms with Gasteiger partial charge in [-0.05, 0) is 18.2 Å². The fourth-order valence-corrected chi connectivity index (χ4v) is 1.04. The van der Waals surface area contributed by atoms with Crippen LogP contribution in [0.25, 0.3) is 0 Å². The van der Waals surface area contributed by atoms with Crippen LogP contribution in [0.1, 0.15) is 0 Å². The minimum Gasteiger partial charge on any atom is -0.468 e. The molecule has 0 heterocycles. The molecule has 1 aromatic rings. The summed E-state index contributed by atoms with van der Waals surface area (Å²) in [6.07, 6.45) is 0. The van der Waals surface area contributed by atoms with Crippen LogP contribution in [0, 0.1) is 0 Å². The topological polar surface area (TPSA) is 38.3 Å². The largest absolute Gasteiger partial charge is 0.468 e. The van der Waals surface area contributed by atoms with E-state index in [2.05, 4.69) is 10.1 Å². The molecular formula is C9H11Cl2NO2. The summed E-state index contributed by atoms with van der Waals surface area (Å²) in [5.74, 6) is -0.306. The van der Waals surface area contributed by atoms with Gasteiger partial charge in [0.05, 0.1) is 7.11 Å². The van der Waals surface area contributed by atoms with E-state index in [4.69, 9.17) is 11.6 Å². The summed E-state index contributed by atoms with van der Waals surface area (Å²) in [6.45, 7) is 0.150. The standard InChI is InChI=1S/C9H10ClNO2.ClH/c1-13-9(12)6-11-8-4-2-3-7(10)5-8;/h2-5,11H,6H2,1H3;1H. The van der Waals surface area contributed by atoms with Crippen molar-refractivity contribution in [2.75, 3.05) is 19.0 Å². The Morgan fingerprint density at radius 1 is 1.57 bits per heavy atom. The van der Waals surface area contributed by atoms with Crippen LogP contribution < -0.4 is 5.32 Å². The Morgan fingerprint density at radius 2 is 2.29 bits per heavy atom. The Labute approximate surface area is 93.8 Å². The molecule has 0 bridgehead atoms. The Bertz CT molecular complexity index is 305. The maximum Gasteiger partial charge on any atom is 0.325 e. The molecule has 0 amide bonds. The fourth-order valence-electron chi connectivity index (χ4n) is 0.845. The first-order valence-electron chi connectivity index (χ1n) is 3.78. The van der Waals surface area contributed by atoms with Crippen molar-refractivity contribution in [2.45, 2.75) is 0 Å². The Morgan fingerprint density at radius 3 is 2.86 bits per heavy atom. The van der Waals surface area contributed by atoms with E-state index in [-0.39, 0.29) is 24.9 Å². The third-order valence-electron chi connectivity index (χ3n) is 1.49. The van der Waals surface area contributed by atoms with Crippen molar-refractivity contribution in [3.05, 3.63) is 29.3 Å². The zero-order chi connectivity index (χ0) is 9.68. The Balaban J connectivity index is 0.00000169. The number of benzene rings is 1. The van der Waals surface area contributed by atoms with Gasteiger partial charge in [-0.2, -0.15) is 0 Å². The lowest BCUT2D eigenvalue weighted by Gasteiger charge is -2.04. The molecule has 1 aromatic carbocycles. The molecule has 14 heavy (non-hydrogen) atoms. The number of esters is 1. The molecule has 0 saturated heterocycles. The number of methoxy groups -OCH3 is 1. The summed E-state index contributed by atoms with van der Waals surface area (Å²) in [5.41, 5.74) is 0.804. The van der Waals surface area contributed by atoms with Gasteiger partial charge in [0.25, 0.3) is 0 Å². The highest BCUT2D eigenvalue weighted by Gasteiger charge is 1.99. The number of nitrogens with one attached hydrogen (secondary N) is 1. The zero-order valence-corrected chi connectivity index (χ0v) is 9.19. The fraction of sp³-hybridized carbons (Fsp3) is 0.222. The molecule has 0 fully saturated rings. The summed E-state index contributed by atoms with van der Waals surface area (Å²) in [5, 5.41) is 3.51. The second kappa shape index (κ2) is 6.51. The summed E-state index contributed by atoms with van der Waals surface area (Å²) in [6, 6.07) is 7.14. The van der Waals surface area contributed by atoms with E-state index in [1.54, 1.807) is 12.1 Å². The van der Waals surface area contributed by atoms with Crippen LogP contribution in [-0.4, -0.2) is 19.6 Å². The highest BCUT2D eigenvalue weighted by molar-refractivity contribution is 6.30. The van der Waals surface area contributed by atoms with Crippen molar-refractivity contribution < 1.29 is 9.53 Å². The molecule has 0 unspecified atom stereocenters. The number of rotatable bonds is 3. The van der Waals surface area contributed by atoms with E-state index in [1.807, 2.05) is 12.1 Å². The number of hydrogen-bond donors (Lipinski definition) is 1. The van der Waals surface area contributed by atoms with E-state index in [0.717, 1.165) is 5.69 Å². The van der Waals surface area contributed by atoms with Gasteiger partial charge in [-0.25, -0.2) is 0 Å². The van der Waals surface area contributed by atoms with E-state index in [0.29, 0.717) is 5.02 Å². The number of carbonyl (C=O) groups excluding carboxylic acids is 1. The van der Waals surface area contributed by atoms with Crippen molar-refractivity contribution in [1.82, 2.24) is 0 Å². The Hall–Kier alpha value is -0.930. The molecule has 3 nitrogen and oxygen atoms in total. The van der Waals surface area contributed by atoms with Crippen LogP contribution in [0.4, 0.5) is 5.69 Å². The molecule has 1 N–H and O–H groups in total. The van der Waals surface area contributed by atoms with Crippen molar-refractivity contribution >= 4 is 35.7 Å². The van der Waals surface area contributed by atoms with Crippen molar-refractivity contribution in [3.63, 3.8) is 0 Å². The summed E-state index contributed by atoms with van der Waals surface area (Å²) in [7, 11) is 1.35. The van der Waals surface area contributed by atoms with Gasteiger partial charge < -0.3 is 10.1 Å². The lowest BCUT2D eigenvalue weighted by Crippen LogP contribution is -2.14. The minimum absolute atomic E-state index is 0. The predicted molar refractivity (Wildman–Crippen MR) is 59.2 cm³/mol. The number of anilines is 1. The summed E-state index contributed by atoms with van der Waals surface area (Å²) in [4.78, 5) is 10.8. The zero-order valence-electron chi connectivity index (χ0n) is 7.62. The van der Waals surface area contributed by atoms with E-state index >= 15 is 0 Å². The SMILES string of the molecule is COC(=O)CNc1cccc(Cl)c1.Cl. The molecular weight excluding hydrogens is 225 g/mol. The van der Waals surface area contributed by atoms with Gasteiger partial charge in [0, 0.05) is 10.7 Å². The highest BCUT2D eigenvalue weighted by atomic mass is 35.5. The number of halogens is 2. The minimum atomic E-state index is -0.306. The first kappa shape index (κ1) is 13.1. The smallest absolute Gasteiger partial charge is 0.325 e. The van der Waals surface area contributed by atoms with Gasteiger partial charge in [0.15, 0.2) is 0 Å². The molecule has 0 aliphatic carbocycles. The second-order valence-corrected chi connectivity index (χ2v) is 2.88. The molecule has 0 aliphatic heterocycles. The van der Waals surface area contributed by atoms with Gasteiger partial charge in [0.2, 0.25) is 0 Å². The predicted octanol–water partition coefficient (Wildman–Crippen LogP) is 2.35. The third-order valence-corrected chi connectivity index (χ3v) is 1.72. The molecule has 1 rings (SSSR count). The quantitative estimate of drug-likeness (QED) is 0.818. The third kappa shape index (κ3) is 4.35. The van der Waals surface area contributed by atoms with Crippen molar-refractivity contribution in [1.29, 1.82) is 0 Å². The summed E-state index contributed by atoms with van der Waals surface area (Å²) < 4.78 is 4.47. The van der Waals surface area contributed by atoms with Crippen LogP contribution in [0.2, 0.25) is 5.02 Å². The van der Waals surface area contributed by atoms with Gasteiger partial charge in [-0.15, -0.1) is 12.4 Å². The van der Waals surface area contributed by atoms with Gasteiger partial charge in [-0.1, -0.05) is 17.7 Å². The number of hydrogen-bond acceptors (Lipinski definition) is 3. The number of carbonyl (C=O) groups is 1. The molecule has 0 atom stereocenters. The van der Waals surface area contributed by atoms with Crippen LogP contribution in [0.3, 0.4) is 0 Å². The van der Waals surface area contributed by atoms with E-state index in [1.165, 1.54) is 7.11 Å². The maximum absolute atomic E-state index is 10.8. The molecule has 78 valence electrons. The van der Waals surface area contributed by atoms with Gasteiger partial charge >= 0.3 is 5.97 Å². The lowest BCUT2D eigenvalue weighted by atomic mass is 10.3. The van der Waals surface area contributed by atoms with Gasteiger partial charge in [-0.3, -0.25) is 4.79 Å². The maximum atomic E-state index is 10.8. The van der Waals surface area contributed by atoms with E-state index in [9.17, 15) is 4.79 Å². The van der Waals surface area contributed by atoms with Crippen LogP contribution in [0.15, 0.2) is 24.3 Å². The molecule has 0 aliphatic rings. The van der Waals surface area contributed by atoms with Crippen LogP contribution in [-0.2, 0) is 9.53 Å². The molecule has 0 aromatic heterocycles. The monoisotopic (exact) mass is 235 g/mol. The van der Waals surface area contributed by atoms with Crippen molar-refractivity contribution in [2.24, 2.45) is 0 Å². The van der Waals surface area contributed by atoms with Gasteiger partial charge in [0.1, 0.15) is 6.54 Å². The first-order valence-corrected chi connectivity index (χ1v) is 4.16. The number of ether oxygens (including phenoxy) is 1.